The molecule has 0 aliphatic heterocycles. The summed E-state index contributed by atoms with van der Waals surface area (Å²) in [6.07, 6.45) is 34.2. The van der Waals surface area contributed by atoms with Crippen molar-refractivity contribution in [3.63, 3.8) is 0 Å². The number of nitrogens with zero attached hydrogens (tertiary/aromatic N) is 1. The smallest absolute Gasteiger partial charge is 0.0462 e. The number of hydrogen-bond acceptors (Lipinski definition) is 1. The first-order valence-corrected chi connectivity index (χ1v) is 27.2. The molecule has 0 saturated heterocycles. The van der Waals surface area contributed by atoms with E-state index in [-0.39, 0.29) is 0 Å². The normalized spacial score (nSPS) is 13.5. The van der Waals surface area contributed by atoms with E-state index in [1.807, 2.05) is 0 Å². The topological polar surface area (TPSA) is 3.24 Å². The SMILES string of the molecule is CS(C)(C)c1ccc(/C=C/c2ccc(N(c3ccc(/C=C/c4ccc(S(C)(C)C)cc4)cc3)c3ccc(/C=C/c4ccc(S(C)(C)C)cc4)cc3)cc2)cc1. The molecule has 0 aliphatic carbocycles. The first-order chi connectivity index (χ1) is 26.1. The zero-order valence-corrected chi connectivity index (χ0v) is 36.4. The van der Waals surface area contributed by atoms with Crippen molar-refractivity contribution in [2.45, 2.75) is 14.7 Å². The van der Waals surface area contributed by atoms with Crippen molar-refractivity contribution >= 4 is 83.6 Å². The minimum atomic E-state index is -0.725. The van der Waals surface area contributed by atoms with Gasteiger partial charge in [-0.2, -0.15) is 0 Å². The molecule has 4 heteroatoms. The van der Waals surface area contributed by atoms with Crippen LogP contribution >= 0.6 is 30.1 Å². The lowest BCUT2D eigenvalue weighted by atomic mass is 10.1. The van der Waals surface area contributed by atoms with Gasteiger partial charge in [-0.15, -0.1) is 0 Å². The highest BCUT2D eigenvalue weighted by atomic mass is 32.3. The van der Waals surface area contributed by atoms with E-state index in [1.54, 1.807) is 0 Å². The van der Waals surface area contributed by atoms with Crippen LogP contribution in [0, 0.1) is 0 Å². The second-order valence-electron chi connectivity index (χ2n) is 16.3. The molecule has 0 atom stereocenters. The van der Waals surface area contributed by atoms with Crippen LogP contribution in [0.1, 0.15) is 33.4 Å². The first-order valence-electron chi connectivity index (χ1n) is 18.6. The van der Waals surface area contributed by atoms with E-state index in [2.05, 4.69) is 243 Å². The van der Waals surface area contributed by atoms with E-state index in [0.717, 1.165) is 17.1 Å². The van der Waals surface area contributed by atoms with Crippen molar-refractivity contribution in [3.8, 4) is 0 Å². The Bertz CT molecular complexity index is 1980. The molecular weight excluding hydrogens is 723 g/mol. The summed E-state index contributed by atoms with van der Waals surface area (Å²) in [5.41, 5.74) is 10.5. The monoisotopic (exact) mass is 779 g/mol. The van der Waals surface area contributed by atoms with Gasteiger partial charge in [0.15, 0.2) is 0 Å². The molecule has 0 spiro atoms. The summed E-state index contributed by atoms with van der Waals surface area (Å²) in [7, 11) is -2.18. The van der Waals surface area contributed by atoms with Crippen LogP contribution in [0.25, 0.3) is 36.5 Å². The maximum atomic E-state index is 2.34. The van der Waals surface area contributed by atoms with Gasteiger partial charge in [0, 0.05) is 17.1 Å². The van der Waals surface area contributed by atoms with Crippen LogP contribution in [-0.4, -0.2) is 56.3 Å². The fraction of sp³-hybridized carbons (Fsp3) is 0.176. The molecule has 0 bridgehead atoms. The molecule has 0 unspecified atom stereocenters. The molecule has 1 nitrogen and oxygen atoms in total. The molecule has 6 aromatic carbocycles. The van der Waals surface area contributed by atoms with Crippen LogP contribution in [0.15, 0.2) is 160 Å². The van der Waals surface area contributed by atoms with E-state index in [1.165, 1.54) is 48.1 Å². The lowest BCUT2D eigenvalue weighted by Gasteiger charge is -2.26. The minimum Gasteiger partial charge on any atom is -0.311 e. The van der Waals surface area contributed by atoms with Gasteiger partial charge in [0.05, 0.1) is 0 Å². The molecule has 0 radical (unpaired) electrons. The van der Waals surface area contributed by atoms with E-state index in [4.69, 9.17) is 0 Å². The molecule has 6 aromatic rings. The predicted octanol–water partition coefficient (Wildman–Crippen LogP) is 14.8. The van der Waals surface area contributed by atoms with Crippen molar-refractivity contribution in [2.75, 3.05) is 61.2 Å². The summed E-state index contributed by atoms with van der Waals surface area (Å²) in [4.78, 5) is 6.63. The lowest BCUT2D eigenvalue weighted by molar-refractivity contribution is 1.28. The van der Waals surface area contributed by atoms with Gasteiger partial charge in [-0.1, -0.05) is 109 Å². The number of hydrogen-bond donors (Lipinski definition) is 0. The van der Waals surface area contributed by atoms with Crippen molar-refractivity contribution < 1.29 is 0 Å². The molecule has 284 valence electrons. The lowest BCUT2D eigenvalue weighted by Crippen LogP contribution is -2.09. The molecule has 0 amide bonds. The Morgan fingerprint density at radius 1 is 0.255 bits per heavy atom. The van der Waals surface area contributed by atoms with Crippen molar-refractivity contribution in [3.05, 3.63) is 179 Å². The third-order valence-corrected chi connectivity index (χ3v) is 14.7. The summed E-state index contributed by atoms with van der Waals surface area (Å²) < 4.78 is 0. The largest absolute Gasteiger partial charge is 0.311 e. The van der Waals surface area contributed by atoms with Crippen molar-refractivity contribution in [2.24, 2.45) is 0 Å². The van der Waals surface area contributed by atoms with Gasteiger partial charge in [0.1, 0.15) is 0 Å². The van der Waals surface area contributed by atoms with Crippen LogP contribution in [-0.2, 0) is 0 Å². The molecule has 0 saturated carbocycles. The van der Waals surface area contributed by atoms with Gasteiger partial charge in [0.2, 0.25) is 0 Å². The quantitative estimate of drug-likeness (QED) is 0.112. The fourth-order valence-electron chi connectivity index (χ4n) is 6.19. The van der Waals surface area contributed by atoms with Gasteiger partial charge in [0.25, 0.3) is 0 Å². The Labute approximate surface area is 336 Å². The van der Waals surface area contributed by atoms with E-state index in [0.29, 0.717) is 0 Å². The third kappa shape index (κ3) is 11.0. The Morgan fingerprint density at radius 2 is 0.418 bits per heavy atom. The highest BCUT2D eigenvalue weighted by Gasteiger charge is 2.13. The molecule has 0 heterocycles. The Morgan fingerprint density at radius 3 is 0.582 bits per heavy atom. The summed E-state index contributed by atoms with van der Waals surface area (Å²) in [6.45, 7) is 0. The molecule has 0 N–H and O–H groups in total. The van der Waals surface area contributed by atoms with Gasteiger partial charge in [-0.25, -0.2) is 30.1 Å². The Kier molecular flexibility index (Phi) is 12.4. The standard InChI is InChI=1S/C51H57NS3/c1-53(2,3)49-34-22-43(23-35-49)13-10-40-16-28-46(29-17-40)52(47-30-18-41(19-31-47)11-14-44-24-36-50(37-25-44)54(4,5)6)48-32-20-42(21-33-48)12-15-45-26-38-51(39-27-45)55(7,8)9/h10-39H,1-9H3/b13-10+,14-11+,15-12+. The van der Waals surface area contributed by atoms with Crippen LogP contribution in [0.2, 0.25) is 0 Å². The van der Waals surface area contributed by atoms with Crippen molar-refractivity contribution in [1.82, 2.24) is 0 Å². The average molecular weight is 780 g/mol. The zero-order valence-electron chi connectivity index (χ0n) is 34.0. The molecule has 0 aliphatic rings. The van der Waals surface area contributed by atoms with Gasteiger partial charge < -0.3 is 4.90 Å². The Balaban J connectivity index is 1.24. The molecule has 0 fully saturated rings. The van der Waals surface area contributed by atoms with Gasteiger partial charge >= 0.3 is 0 Å². The van der Waals surface area contributed by atoms with Gasteiger partial charge in [-0.05, 0) is 177 Å². The summed E-state index contributed by atoms with van der Waals surface area (Å²) in [5.74, 6) is 0. The Hall–Kier alpha value is -4.61. The fourth-order valence-corrected chi connectivity index (χ4v) is 9.05. The van der Waals surface area contributed by atoms with Crippen LogP contribution < -0.4 is 4.90 Å². The summed E-state index contributed by atoms with van der Waals surface area (Å²) in [6, 6.07) is 53.6. The minimum absolute atomic E-state index is 0.725. The van der Waals surface area contributed by atoms with E-state index >= 15 is 0 Å². The number of anilines is 3. The van der Waals surface area contributed by atoms with Crippen molar-refractivity contribution in [1.29, 1.82) is 0 Å². The zero-order chi connectivity index (χ0) is 39.2. The highest BCUT2D eigenvalue weighted by Crippen LogP contribution is 2.46. The maximum Gasteiger partial charge on any atom is 0.0462 e. The van der Waals surface area contributed by atoms with Gasteiger partial charge in [-0.3, -0.25) is 0 Å². The van der Waals surface area contributed by atoms with Crippen LogP contribution in [0.3, 0.4) is 0 Å². The third-order valence-electron chi connectivity index (χ3n) is 9.62. The first kappa shape index (κ1) is 40.1. The maximum absolute atomic E-state index is 2.34. The van der Waals surface area contributed by atoms with E-state index < -0.39 is 30.1 Å². The van der Waals surface area contributed by atoms with E-state index in [9.17, 15) is 0 Å². The number of benzene rings is 6. The second-order valence-corrected chi connectivity index (χ2v) is 28.8. The molecule has 0 aromatic heterocycles. The molecular formula is C51H57NS3. The van der Waals surface area contributed by atoms with Crippen LogP contribution in [0.4, 0.5) is 17.1 Å². The number of rotatable bonds is 12. The predicted molar refractivity (Wildman–Crippen MR) is 258 cm³/mol. The van der Waals surface area contributed by atoms with Crippen LogP contribution in [0.5, 0.6) is 0 Å². The summed E-state index contributed by atoms with van der Waals surface area (Å²) in [5, 5.41) is 0. The average Bonchev–Trinajstić information content (AvgIpc) is 3.16. The summed E-state index contributed by atoms with van der Waals surface area (Å²) >= 11 is 0. The molecule has 55 heavy (non-hydrogen) atoms. The second kappa shape index (κ2) is 17.0. The molecule has 6 rings (SSSR count). The highest BCUT2D eigenvalue weighted by molar-refractivity contribution is 8.32.